The maximum absolute atomic E-state index is 14.1. The van der Waals surface area contributed by atoms with E-state index in [1.54, 1.807) is 6.07 Å². The van der Waals surface area contributed by atoms with Gasteiger partial charge in [-0.15, -0.1) is 0 Å². The van der Waals surface area contributed by atoms with E-state index >= 15 is 0 Å². The molecular formula is C24H21ClF2N4O4. The summed E-state index contributed by atoms with van der Waals surface area (Å²) in [6.07, 6.45) is 0.399. The number of aromatic nitrogens is 4. The highest BCUT2D eigenvalue weighted by Crippen LogP contribution is 2.37. The summed E-state index contributed by atoms with van der Waals surface area (Å²) in [5.41, 5.74) is 1.44. The van der Waals surface area contributed by atoms with E-state index in [1.807, 2.05) is 32.0 Å². The lowest BCUT2D eigenvalue weighted by molar-refractivity contribution is -0.139. The summed E-state index contributed by atoms with van der Waals surface area (Å²) < 4.78 is 50.4. The average Bonchev–Trinajstić information content (AvgIpc) is 3.39. The van der Waals surface area contributed by atoms with Crippen LogP contribution >= 0.6 is 11.6 Å². The van der Waals surface area contributed by atoms with Crippen LogP contribution in [-0.2, 0) is 9.47 Å². The smallest absolute Gasteiger partial charge is 0.327 e. The molecule has 2 aromatic carbocycles. The Morgan fingerprint density at radius 2 is 2.00 bits per heavy atom. The summed E-state index contributed by atoms with van der Waals surface area (Å²) in [4.78, 5) is 8.64. The van der Waals surface area contributed by atoms with Gasteiger partial charge in [0.2, 0.25) is 5.88 Å². The standard InChI is InChI=1S/C24H21ClF2N4O4/c1-24(2)33-12-14(35-24)9-10-32-22-19-20(15-5-3-4-6-16(15)25)30-31-21(19)28-23(29-22)34-18-8-7-13(26)11-17(18)27/h3-8,11,14H,9-10,12H2,1-2H3,(H,28,29,30,31). The molecule has 8 nitrogen and oxygen atoms in total. The van der Waals surface area contributed by atoms with Crippen molar-refractivity contribution < 1.29 is 27.7 Å². The molecule has 1 unspecified atom stereocenters. The number of nitrogens with zero attached hydrogens (tertiary/aromatic N) is 3. The number of benzene rings is 2. The lowest BCUT2D eigenvalue weighted by Crippen LogP contribution is -2.22. The zero-order valence-corrected chi connectivity index (χ0v) is 19.6. The Kier molecular flexibility index (Phi) is 6.26. The molecule has 5 rings (SSSR count). The van der Waals surface area contributed by atoms with Gasteiger partial charge in [-0.1, -0.05) is 29.8 Å². The molecule has 3 heterocycles. The van der Waals surface area contributed by atoms with Crippen molar-refractivity contribution in [1.82, 2.24) is 20.2 Å². The average molecular weight is 503 g/mol. The number of ether oxygens (including phenoxy) is 4. The van der Waals surface area contributed by atoms with Gasteiger partial charge in [0.25, 0.3) is 0 Å². The zero-order valence-electron chi connectivity index (χ0n) is 18.8. The van der Waals surface area contributed by atoms with Crippen molar-refractivity contribution in [3.63, 3.8) is 0 Å². The second kappa shape index (κ2) is 9.37. The zero-order chi connectivity index (χ0) is 24.6. The van der Waals surface area contributed by atoms with Crippen molar-refractivity contribution in [2.75, 3.05) is 13.2 Å². The first-order chi connectivity index (χ1) is 16.8. The Hall–Kier alpha value is -3.34. The first kappa shape index (κ1) is 23.4. The number of hydrogen-bond donors (Lipinski definition) is 1. The van der Waals surface area contributed by atoms with Crippen LogP contribution in [0.25, 0.3) is 22.3 Å². The number of aromatic amines is 1. The first-order valence-corrected chi connectivity index (χ1v) is 11.3. The summed E-state index contributed by atoms with van der Waals surface area (Å²) in [6, 6.07) is 9.93. The molecule has 2 aromatic heterocycles. The third-order valence-electron chi connectivity index (χ3n) is 5.34. The molecule has 0 radical (unpaired) electrons. The van der Waals surface area contributed by atoms with Crippen molar-refractivity contribution >= 4 is 22.6 Å². The maximum Gasteiger partial charge on any atom is 0.327 e. The van der Waals surface area contributed by atoms with Crippen LogP contribution in [0.3, 0.4) is 0 Å². The van der Waals surface area contributed by atoms with Gasteiger partial charge in [0.15, 0.2) is 23.0 Å². The molecule has 1 saturated heterocycles. The Morgan fingerprint density at radius 3 is 2.74 bits per heavy atom. The van der Waals surface area contributed by atoms with Crippen molar-refractivity contribution in [2.24, 2.45) is 0 Å². The minimum Gasteiger partial charge on any atom is -0.477 e. The number of fused-ring (bicyclic) bond motifs is 1. The lowest BCUT2D eigenvalue weighted by atomic mass is 10.1. The Labute approximate surface area is 204 Å². The summed E-state index contributed by atoms with van der Waals surface area (Å²) in [6.45, 7) is 4.39. The van der Waals surface area contributed by atoms with E-state index in [1.165, 1.54) is 0 Å². The number of H-pyrrole nitrogens is 1. The first-order valence-electron chi connectivity index (χ1n) is 10.9. The molecule has 4 aromatic rings. The molecule has 35 heavy (non-hydrogen) atoms. The summed E-state index contributed by atoms with van der Waals surface area (Å²) in [5.74, 6) is -2.34. The quantitative estimate of drug-likeness (QED) is 0.348. The highest BCUT2D eigenvalue weighted by molar-refractivity contribution is 6.33. The lowest BCUT2D eigenvalue weighted by Gasteiger charge is -2.17. The van der Waals surface area contributed by atoms with Crippen LogP contribution in [-0.4, -0.2) is 45.3 Å². The minimum absolute atomic E-state index is 0.140. The maximum atomic E-state index is 14.1. The number of halogens is 3. The van der Waals surface area contributed by atoms with E-state index in [0.29, 0.717) is 46.4 Å². The molecule has 0 spiro atoms. The molecule has 1 aliphatic heterocycles. The predicted octanol–water partition coefficient (Wildman–Crippen LogP) is 5.66. The predicted molar refractivity (Wildman–Crippen MR) is 124 cm³/mol. The van der Waals surface area contributed by atoms with Crippen LogP contribution in [0.1, 0.15) is 20.3 Å². The van der Waals surface area contributed by atoms with Gasteiger partial charge < -0.3 is 18.9 Å². The van der Waals surface area contributed by atoms with E-state index in [-0.39, 0.29) is 30.4 Å². The molecule has 1 N–H and O–H groups in total. The van der Waals surface area contributed by atoms with Crippen molar-refractivity contribution in [3.8, 4) is 28.9 Å². The fourth-order valence-electron chi connectivity index (χ4n) is 3.73. The van der Waals surface area contributed by atoms with E-state index in [9.17, 15) is 8.78 Å². The van der Waals surface area contributed by atoms with Gasteiger partial charge in [-0.2, -0.15) is 15.1 Å². The highest BCUT2D eigenvalue weighted by Gasteiger charge is 2.32. The van der Waals surface area contributed by atoms with E-state index in [2.05, 4.69) is 20.2 Å². The molecule has 11 heteroatoms. The summed E-state index contributed by atoms with van der Waals surface area (Å²) in [7, 11) is 0. The van der Waals surface area contributed by atoms with E-state index < -0.39 is 17.4 Å². The normalized spacial score (nSPS) is 17.1. The van der Waals surface area contributed by atoms with Crippen LogP contribution in [0.2, 0.25) is 5.02 Å². The molecule has 0 amide bonds. The third-order valence-corrected chi connectivity index (χ3v) is 5.67. The van der Waals surface area contributed by atoms with E-state index in [4.69, 9.17) is 30.5 Å². The molecule has 182 valence electrons. The van der Waals surface area contributed by atoms with Gasteiger partial charge in [-0.25, -0.2) is 8.78 Å². The number of hydrogen-bond acceptors (Lipinski definition) is 7. The molecule has 0 bridgehead atoms. The van der Waals surface area contributed by atoms with Crippen LogP contribution in [0, 0.1) is 11.6 Å². The van der Waals surface area contributed by atoms with Crippen LogP contribution < -0.4 is 9.47 Å². The van der Waals surface area contributed by atoms with Crippen molar-refractivity contribution in [2.45, 2.75) is 32.2 Å². The van der Waals surface area contributed by atoms with Gasteiger partial charge in [-0.05, 0) is 32.0 Å². The molecule has 0 saturated carbocycles. The highest BCUT2D eigenvalue weighted by atomic mass is 35.5. The van der Waals surface area contributed by atoms with E-state index in [0.717, 1.165) is 12.1 Å². The molecule has 0 aliphatic carbocycles. The van der Waals surface area contributed by atoms with Gasteiger partial charge in [-0.3, -0.25) is 5.10 Å². The number of nitrogens with one attached hydrogen (secondary N) is 1. The Bertz CT molecular complexity index is 1380. The molecule has 1 fully saturated rings. The van der Waals surface area contributed by atoms with Gasteiger partial charge >= 0.3 is 6.01 Å². The largest absolute Gasteiger partial charge is 0.477 e. The van der Waals surface area contributed by atoms with Crippen LogP contribution in [0.4, 0.5) is 8.78 Å². The molecule has 1 atom stereocenters. The third kappa shape index (κ3) is 5.04. The van der Waals surface area contributed by atoms with Gasteiger partial charge in [0.05, 0.1) is 24.3 Å². The van der Waals surface area contributed by atoms with Crippen LogP contribution in [0.5, 0.6) is 17.6 Å². The minimum atomic E-state index is -0.890. The summed E-state index contributed by atoms with van der Waals surface area (Å²) in [5, 5.41) is 8.15. The number of rotatable bonds is 7. The van der Waals surface area contributed by atoms with Gasteiger partial charge in [0, 0.05) is 18.1 Å². The fourth-order valence-corrected chi connectivity index (χ4v) is 3.95. The second-order valence-electron chi connectivity index (χ2n) is 8.35. The molecule has 1 aliphatic rings. The van der Waals surface area contributed by atoms with Gasteiger partial charge in [0.1, 0.15) is 16.9 Å². The van der Waals surface area contributed by atoms with Crippen LogP contribution in [0.15, 0.2) is 42.5 Å². The second-order valence-corrected chi connectivity index (χ2v) is 8.76. The van der Waals surface area contributed by atoms with Crippen molar-refractivity contribution in [1.29, 1.82) is 0 Å². The summed E-state index contributed by atoms with van der Waals surface area (Å²) >= 11 is 6.39. The SMILES string of the molecule is CC1(C)OCC(CCOc2nc(Oc3ccc(F)cc3F)nc3[nH]nc(-c4ccccc4Cl)c23)O1. The molecular weight excluding hydrogens is 482 g/mol. The Balaban J connectivity index is 1.49. The Morgan fingerprint density at radius 1 is 1.17 bits per heavy atom. The fraction of sp³-hybridized carbons (Fsp3) is 0.292. The topological polar surface area (TPSA) is 91.4 Å². The monoisotopic (exact) mass is 502 g/mol. The van der Waals surface area contributed by atoms with Crippen molar-refractivity contribution in [3.05, 3.63) is 59.1 Å².